The fourth-order valence-electron chi connectivity index (χ4n) is 1.61. The first-order valence-electron chi connectivity index (χ1n) is 5.58. The Morgan fingerprint density at radius 2 is 2.11 bits per heavy atom. The summed E-state index contributed by atoms with van der Waals surface area (Å²) in [5.74, 6) is 0.740. The zero-order chi connectivity index (χ0) is 13.9. The predicted octanol–water partition coefficient (Wildman–Crippen LogP) is 2.53. The molecule has 0 unspecified atom stereocenters. The summed E-state index contributed by atoms with van der Waals surface area (Å²) in [5.41, 5.74) is 0.676. The number of sulfonamides is 1. The number of halogens is 1. The van der Waals surface area contributed by atoms with Crippen molar-refractivity contribution in [1.29, 1.82) is 0 Å². The number of thioether (sulfide) groups is 1. The summed E-state index contributed by atoms with van der Waals surface area (Å²) in [6.07, 6.45) is 1.93. The molecule has 7 heteroatoms. The number of fused-ring (bicyclic) bond motifs is 1. The average molecular weight is 317 g/mol. The Labute approximate surface area is 121 Å². The van der Waals surface area contributed by atoms with E-state index >= 15 is 0 Å². The Morgan fingerprint density at radius 3 is 2.84 bits per heavy atom. The van der Waals surface area contributed by atoms with Crippen LogP contribution in [0.1, 0.15) is 0 Å². The van der Waals surface area contributed by atoms with Gasteiger partial charge < -0.3 is 0 Å². The second-order valence-electron chi connectivity index (χ2n) is 3.88. The number of benzene rings is 1. The van der Waals surface area contributed by atoms with Crippen molar-refractivity contribution in [2.24, 2.45) is 0 Å². The molecule has 0 fully saturated rings. The summed E-state index contributed by atoms with van der Waals surface area (Å²) in [6.45, 7) is 0.417. The number of pyridine rings is 1. The minimum atomic E-state index is -3.46. The molecule has 4 nitrogen and oxygen atoms in total. The predicted molar refractivity (Wildman–Crippen MR) is 80.3 cm³/mol. The van der Waals surface area contributed by atoms with Crippen LogP contribution in [-0.2, 0) is 10.0 Å². The van der Waals surface area contributed by atoms with Crippen molar-refractivity contribution in [2.45, 2.75) is 4.90 Å². The Bertz CT molecular complexity index is 689. The maximum absolute atomic E-state index is 12.1. The molecule has 0 aliphatic carbocycles. The molecule has 0 radical (unpaired) electrons. The van der Waals surface area contributed by atoms with Gasteiger partial charge in [0, 0.05) is 17.7 Å². The van der Waals surface area contributed by atoms with Gasteiger partial charge >= 0.3 is 0 Å². The number of aromatic nitrogens is 1. The highest BCUT2D eigenvalue weighted by Crippen LogP contribution is 2.19. The first kappa shape index (κ1) is 14.6. The van der Waals surface area contributed by atoms with Crippen molar-refractivity contribution >= 4 is 44.3 Å². The minimum absolute atomic E-state index is 0.241. The number of nitrogens with zero attached hydrogens (tertiary/aromatic N) is 1. The second kappa shape index (κ2) is 6.09. The van der Waals surface area contributed by atoms with Crippen LogP contribution in [0, 0.1) is 0 Å². The van der Waals surface area contributed by atoms with Gasteiger partial charge in [-0.3, -0.25) is 0 Å². The Kier molecular flexibility index (Phi) is 4.67. The van der Waals surface area contributed by atoms with E-state index < -0.39 is 10.0 Å². The Balaban J connectivity index is 2.32. The van der Waals surface area contributed by atoms with E-state index in [0.717, 1.165) is 11.1 Å². The van der Waals surface area contributed by atoms with E-state index in [1.165, 1.54) is 6.07 Å². The van der Waals surface area contributed by atoms with Gasteiger partial charge in [-0.15, -0.1) is 0 Å². The fourth-order valence-corrected chi connectivity index (χ4v) is 3.26. The molecule has 1 aromatic carbocycles. The first-order valence-corrected chi connectivity index (χ1v) is 8.83. The number of hydrogen-bond acceptors (Lipinski definition) is 4. The van der Waals surface area contributed by atoms with Crippen molar-refractivity contribution in [3.8, 4) is 0 Å². The summed E-state index contributed by atoms with van der Waals surface area (Å²) in [6, 6.07) is 8.19. The van der Waals surface area contributed by atoms with E-state index in [2.05, 4.69) is 9.71 Å². The molecule has 1 N–H and O–H groups in total. The highest BCUT2D eigenvalue weighted by molar-refractivity contribution is 7.98. The van der Waals surface area contributed by atoms with E-state index in [0.29, 0.717) is 17.2 Å². The van der Waals surface area contributed by atoms with Crippen LogP contribution in [0.5, 0.6) is 0 Å². The van der Waals surface area contributed by atoms with Crippen molar-refractivity contribution in [3.63, 3.8) is 0 Å². The van der Waals surface area contributed by atoms with Gasteiger partial charge in [-0.1, -0.05) is 11.6 Å². The average Bonchev–Trinajstić information content (AvgIpc) is 2.38. The van der Waals surface area contributed by atoms with Crippen LogP contribution in [0.25, 0.3) is 10.9 Å². The van der Waals surface area contributed by atoms with Gasteiger partial charge in [0.15, 0.2) is 0 Å². The summed E-state index contributed by atoms with van der Waals surface area (Å²) < 4.78 is 26.7. The third-order valence-corrected chi connectivity index (χ3v) is 4.82. The van der Waals surface area contributed by atoms with Crippen molar-refractivity contribution < 1.29 is 8.42 Å². The highest BCUT2D eigenvalue weighted by Gasteiger charge is 2.13. The van der Waals surface area contributed by atoms with Gasteiger partial charge in [-0.2, -0.15) is 11.8 Å². The van der Waals surface area contributed by atoms with Crippen LogP contribution < -0.4 is 4.72 Å². The van der Waals surface area contributed by atoms with Crippen molar-refractivity contribution in [3.05, 3.63) is 35.5 Å². The summed E-state index contributed by atoms with van der Waals surface area (Å²) >= 11 is 7.38. The molecule has 2 aromatic rings. The van der Waals surface area contributed by atoms with Gasteiger partial charge in [-0.25, -0.2) is 18.1 Å². The molecular weight excluding hydrogens is 304 g/mol. The number of nitrogens with one attached hydrogen (secondary N) is 1. The number of hydrogen-bond donors (Lipinski definition) is 1. The quantitative estimate of drug-likeness (QED) is 0.680. The first-order chi connectivity index (χ1) is 9.03. The lowest BCUT2D eigenvalue weighted by Gasteiger charge is -2.07. The molecule has 0 spiro atoms. The Hall–Kier alpha value is -0.820. The van der Waals surface area contributed by atoms with Crippen LogP contribution in [-0.4, -0.2) is 32.0 Å². The monoisotopic (exact) mass is 316 g/mol. The lowest BCUT2D eigenvalue weighted by atomic mass is 10.2. The Morgan fingerprint density at radius 1 is 1.32 bits per heavy atom. The van der Waals surface area contributed by atoms with Crippen molar-refractivity contribution in [1.82, 2.24) is 9.71 Å². The van der Waals surface area contributed by atoms with Crippen LogP contribution in [0.3, 0.4) is 0 Å². The van der Waals surface area contributed by atoms with Crippen LogP contribution in [0.15, 0.2) is 35.2 Å². The smallest absolute Gasteiger partial charge is 0.236 e. The molecule has 0 bridgehead atoms. The molecule has 0 aliphatic heterocycles. The van der Waals surface area contributed by atoms with Gasteiger partial charge in [-0.05, 0) is 36.6 Å². The summed E-state index contributed by atoms with van der Waals surface area (Å²) in [7, 11) is -3.46. The molecule has 102 valence electrons. The maximum Gasteiger partial charge on any atom is 0.240 e. The normalized spacial score (nSPS) is 11.9. The van der Waals surface area contributed by atoms with Crippen LogP contribution in [0.2, 0.25) is 5.15 Å². The highest BCUT2D eigenvalue weighted by atomic mass is 35.5. The molecule has 0 atom stereocenters. The van der Waals surface area contributed by atoms with E-state index in [1.807, 2.05) is 6.26 Å². The molecule has 0 saturated heterocycles. The van der Waals surface area contributed by atoms with E-state index in [1.54, 1.807) is 36.0 Å². The van der Waals surface area contributed by atoms with Crippen LogP contribution >= 0.6 is 23.4 Å². The summed E-state index contributed by atoms with van der Waals surface area (Å²) in [4.78, 5) is 4.36. The van der Waals surface area contributed by atoms with Gasteiger partial charge in [0.2, 0.25) is 10.0 Å². The summed E-state index contributed by atoms with van der Waals surface area (Å²) in [5, 5.41) is 1.14. The fraction of sp³-hybridized carbons (Fsp3) is 0.250. The lowest BCUT2D eigenvalue weighted by molar-refractivity contribution is 0.584. The molecule has 2 rings (SSSR count). The molecule has 0 amide bonds. The van der Waals surface area contributed by atoms with Gasteiger partial charge in [0.05, 0.1) is 10.4 Å². The zero-order valence-electron chi connectivity index (χ0n) is 10.3. The number of rotatable bonds is 5. The SMILES string of the molecule is CSCCNS(=O)(=O)c1ccc2nc(Cl)ccc2c1. The largest absolute Gasteiger partial charge is 0.240 e. The minimum Gasteiger partial charge on any atom is -0.236 e. The van der Waals surface area contributed by atoms with E-state index in [9.17, 15) is 8.42 Å². The molecule has 1 aromatic heterocycles. The van der Waals surface area contributed by atoms with Crippen molar-refractivity contribution in [2.75, 3.05) is 18.6 Å². The molecule has 19 heavy (non-hydrogen) atoms. The van der Waals surface area contributed by atoms with Crippen LogP contribution in [0.4, 0.5) is 0 Å². The third-order valence-electron chi connectivity index (χ3n) is 2.54. The molecule has 0 aliphatic rings. The maximum atomic E-state index is 12.1. The lowest BCUT2D eigenvalue weighted by Crippen LogP contribution is -2.25. The third kappa shape index (κ3) is 3.60. The topological polar surface area (TPSA) is 59.1 Å². The van der Waals surface area contributed by atoms with E-state index in [-0.39, 0.29) is 4.90 Å². The standard InChI is InChI=1S/C12H13ClN2O2S2/c1-18-7-6-14-19(16,17)10-3-4-11-9(8-10)2-5-12(13)15-11/h2-5,8,14H,6-7H2,1H3. The van der Waals surface area contributed by atoms with Gasteiger partial charge in [0.1, 0.15) is 5.15 Å². The zero-order valence-corrected chi connectivity index (χ0v) is 12.6. The molecular formula is C12H13ClN2O2S2. The molecule has 1 heterocycles. The second-order valence-corrected chi connectivity index (χ2v) is 7.02. The van der Waals surface area contributed by atoms with E-state index in [4.69, 9.17) is 11.6 Å². The van der Waals surface area contributed by atoms with Gasteiger partial charge in [0.25, 0.3) is 0 Å². The molecule has 0 saturated carbocycles.